The smallest absolute Gasteiger partial charge is 0.310 e. The van der Waals surface area contributed by atoms with Gasteiger partial charge >= 0.3 is 5.97 Å². The summed E-state index contributed by atoms with van der Waals surface area (Å²) in [7, 11) is 1.56. The molecule has 0 fully saturated rings. The Labute approximate surface area is 168 Å². The van der Waals surface area contributed by atoms with E-state index < -0.39 is 11.9 Å². The molecule has 0 saturated heterocycles. The zero-order valence-corrected chi connectivity index (χ0v) is 16.7. The van der Waals surface area contributed by atoms with E-state index in [2.05, 4.69) is 18.3 Å². The minimum absolute atomic E-state index is 0.0547. The number of methoxy groups -OCH3 is 1. The number of benzene rings is 1. The predicted molar refractivity (Wildman–Crippen MR) is 107 cm³/mol. The van der Waals surface area contributed by atoms with Gasteiger partial charge in [0, 0.05) is 4.88 Å². The van der Waals surface area contributed by atoms with E-state index in [1.165, 1.54) is 16.2 Å². The highest BCUT2D eigenvalue weighted by Crippen LogP contribution is 2.39. The minimum atomic E-state index is -0.497. The van der Waals surface area contributed by atoms with Gasteiger partial charge in [-0.25, -0.2) is 0 Å². The molecule has 1 aliphatic carbocycles. The van der Waals surface area contributed by atoms with Gasteiger partial charge in [0.25, 0.3) is 5.91 Å². The fraction of sp³-hybridized carbons (Fsp3) is 0.381. The van der Waals surface area contributed by atoms with E-state index in [1.54, 1.807) is 31.4 Å². The summed E-state index contributed by atoms with van der Waals surface area (Å²) in [5.41, 5.74) is 2.34. The highest BCUT2D eigenvalue weighted by molar-refractivity contribution is 7.16. The Kier molecular flexibility index (Phi) is 6.32. The van der Waals surface area contributed by atoms with Crippen molar-refractivity contribution in [3.63, 3.8) is 0 Å². The second-order valence-electron chi connectivity index (χ2n) is 6.90. The first kappa shape index (κ1) is 19.9. The number of hydrogen-bond donors (Lipinski definition) is 1. The molecular weight excluding hydrogens is 376 g/mol. The third-order valence-corrected chi connectivity index (χ3v) is 5.89. The molecule has 1 amide bonds. The molecule has 1 aliphatic rings. The van der Waals surface area contributed by atoms with E-state index in [0.717, 1.165) is 30.4 Å². The van der Waals surface area contributed by atoms with Gasteiger partial charge in [-0.1, -0.05) is 19.1 Å². The van der Waals surface area contributed by atoms with Crippen molar-refractivity contribution in [2.45, 2.75) is 32.6 Å². The maximum atomic E-state index is 12.2. The number of esters is 1. The normalized spacial score (nSPS) is 15.2. The Morgan fingerprint density at radius 1 is 1.39 bits per heavy atom. The maximum Gasteiger partial charge on any atom is 0.310 e. The molecule has 1 atom stereocenters. The van der Waals surface area contributed by atoms with Crippen LogP contribution >= 0.6 is 11.3 Å². The van der Waals surface area contributed by atoms with Crippen LogP contribution in [0.5, 0.6) is 5.75 Å². The summed E-state index contributed by atoms with van der Waals surface area (Å²) in [6, 6.07) is 9.32. The van der Waals surface area contributed by atoms with Crippen molar-refractivity contribution in [1.29, 1.82) is 5.26 Å². The number of fused-ring (bicyclic) bond motifs is 1. The Morgan fingerprint density at radius 3 is 2.96 bits per heavy atom. The molecular formula is C21H22N2O4S. The van der Waals surface area contributed by atoms with Gasteiger partial charge in [-0.3, -0.25) is 9.59 Å². The van der Waals surface area contributed by atoms with Gasteiger partial charge in [0.15, 0.2) is 6.61 Å². The maximum absolute atomic E-state index is 12.2. The van der Waals surface area contributed by atoms with Gasteiger partial charge in [0.05, 0.1) is 19.1 Å². The van der Waals surface area contributed by atoms with E-state index in [0.29, 0.717) is 22.2 Å². The van der Waals surface area contributed by atoms with Gasteiger partial charge in [-0.2, -0.15) is 5.26 Å². The molecule has 0 radical (unpaired) electrons. The van der Waals surface area contributed by atoms with Crippen LogP contribution in [0.3, 0.4) is 0 Å². The first-order valence-corrected chi connectivity index (χ1v) is 9.94. The number of thiophene rings is 1. The van der Waals surface area contributed by atoms with Crippen molar-refractivity contribution in [1.82, 2.24) is 0 Å². The van der Waals surface area contributed by atoms with Crippen molar-refractivity contribution in [3.8, 4) is 11.8 Å². The summed E-state index contributed by atoms with van der Waals surface area (Å²) in [4.78, 5) is 25.4. The molecule has 7 heteroatoms. The molecule has 2 aromatic rings. The number of nitrogens with one attached hydrogen (secondary N) is 1. The molecule has 6 nitrogen and oxygen atoms in total. The number of nitrogens with zero attached hydrogens (tertiary/aromatic N) is 1. The van der Waals surface area contributed by atoms with Crippen LogP contribution in [0.1, 0.15) is 34.9 Å². The molecule has 28 heavy (non-hydrogen) atoms. The molecule has 1 aromatic carbocycles. The van der Waals surface area contributed by atoms with Crippen LogP contribution in [0.25, 0.3) is 0 Å². The van der Waals surface area contributed by atoms with E-state index in [-0.39, 0.29) is 13.0 Å². The molecule has 0 aliphatic heterocycles. The fourth-order valence-corrected chi connectivity index (χ4v) is 4.64. The third-order valence-electron chi connectivity index (χ3n) is 4.72. The van der Waals surface area contributed by atoms with Gasteiger partial charge in [-0.05, 0) is 48.4 Å². The Morgan fingerprint density at radius 2 is 2.21 bits per heavy atom. The van der Waals surface area contributed by atoms with Crippen LogP contribution in [0.15, 0.2) is 24.3 Å². The van der Waals surface area contributed by atoms with Crippen molar-refractivity contribution in [2.75, 3.05) is 19.0 Å². The summed E-state index contributed by atoms with van der Waals surface area (Å²) < 4.78 is 10.2. The lowest BCUT2D eigenvalue weighted by Gasteiger charge is -2.17. The first-order valence-electron chi connectivity index (χ1n) is 9.13. The Bertz CT molecular complexity index is 929. The number of anilines is 1. The average molecular weight is 398 g/mol. The Balaban J connectivity index is 1.56. The standard InChI is InChI=1S/C21H22N2O4S/c1-13-6-7-16-17(11-22)21(28-18(16)8-13)23-19(24)12-27-20(25)10-14-4-3-5-15(9-14)26-2/h3-5,9,13H,6-8,10,12H2,1-2H3,(H,23,24)/t13-/m1/s1. The summed E-state index contributed by atoms with van der Waals surface area (Å²) in [5, 5.41) is 12.8. The monoisotopic (exact) mass is 398 g/mol. The number of ether oxygens (including phenoxy) is 2. The minimum Gasteiger partial charge on any atom is -0.497 e. The van der Waals surface area contributed by atoms with E-state index in [4.69, 9.17) is 9.47 Å². The zero-order valence-electron chi connectivity index (χ0n) is 15.9. The second kappa shape index (κ2) is 8.89. The number of amides is 1. The lowest BCUT2D eigenvalue weighted by atomic mass is 9.89. The number of rotatable bonds is 6. The van der Waals surface area contributed by atoms with Gasteiger partial charge in [0.1, 0.15) is 16.8 Å². The van der Waals surface area contributed by atoms with Crippen LogP contribution in [0.4, 0.5) is 5.00 Å². The number of carbonyl (C=O) groups excluding carboxylic acids is 2. The van der Waals surface area contributed by atoms with Crippen LogP contribution in [0, 0.1) is 17.2 Å². The first-order chi connectivity index (χ1) is 13.5. The average Bonchev–Trinajstić information content (AvgIpc) is 3.02. The van der Waals surface area contributed by atoms with Gasteiger partial charge in [0.2, 0.25) is 0 Å². The molecule has 3 rings (SSSR count). The molecule has 146 valence electrons. The molecule has 1 N–H and O–H groups in total. The van der Waals surface area contributed by atoms with E-state index >= 15 is 0 Å². The van der Waals surface area contributed by atoms with Crippen molar-refractivity contribution in [2.24, 2.45) is 5.92 Å². The van der Waals surface area contributed by atoms with Crippen molar-refractivity contribution < 1.29 is 19.1 Å². The summed E-state index contributed by atoms with van der Waals surface area (Å²) in [6.07, 6.45) is 2.90. The summed E-state index contributed by atoms with van der Waals surface area (Å²) in [5.74, 6) is 0.298. The molecule has 0 saturated carbocycles. The number of nitriles is 1. The topological polar surface area (TPSA) is 88.4 Å². The molecule has 0 unspecified atom stereocenters. The zero-order chi connectivity index (χ0) is 20.1. The highest BCUT2D eigenvalue weighted by Gasteiger charge is 2.24. The SMILES string of the molecule is COc1cccc(CC(=O)OCC(=O)Nc2sc3c(c2C#N)CC[C@@H](C)C3)c1. The van der Waals surface area contributed by atoms with Gasteiger partial charge < -0.3 is 14.8 Å². The number of hydrogen-bond acceptors (Lipinski definition) is 6. The Hall–Kier alpha value is -2.85. The van der Waals surface area contributed by atoms with E-state index in [9.17, 15) is 14.9 Å². The van der Waals surface area contributed by atoms with Gasteiger partial charge in [-0.15, -0.1) is 11.3 Å². The lowest BCUT2D eigenvalue weighted by Crippen LogP contribution is -2.21. The van der Waals surface area contributed by atoms with Crippen molar-refractivity contribution >= 4 is 28.2 Å². The summed E-state index contributed by atoms with van der Waals surface area (Å²) >= 11 is 1.45. The van der Waals surface area contributed by atoms with E-state index in [1.807, 2.05) is 0 Å². The molecule has 0 bridgehead atoms. The third kappa shape index (κ3) is 4.70. The molecule has 1 heterocycles. The molecule has 1 aromatic heterocycles. The quantitative estimate of drug-likeness (QED) is 0.753. The van der Waals surface area contributed by atoms with Crippen LogP contribution in [-0.2, 0) is 33.6 Å². The van der Waals surface area contributed by atoms with Crippen LogP contribution < -0.4 is 10.1 Å². The van der Waals surface area contributed by atoms with Crippen LogP contribution in [-0.4, -0.2) is 25.6 Å². The lowest BCUT2D eigenvalue weighted by molar-refractivity contribution is -0.146. The predicted octanol–water partition coefficient (Wildman–Crippen LogP) is 3.48. The molecule has 0 spiro atoms. The summed E-state index contributed by atoms with van der Waals surface area (Å²) in [6.45, 7) is 1.81. The highest BCUT2D eigenvalue weighted by atomic mass is 32.1. The van der Waals surface area contributed by atoms with Crippen LogP contribution in [0.2, 0.25) is 0 Å². The fourth-order valence-electron chi connectivity index (χ4n) is 3.27. The van der Waals surface area contributed by atoms with Crippen molar-refractivity contribution in [3.05, 3.63) is 45.8 Å². The largest absolute Gasteiger partial charge is 0.497 e. The second-order valence-corrected chi connectivity index (χ2v) is 8.01. The number of carbonyl (C=O) groups is 2.